The fourth-order valence-electron chi connectivity index (χ4n) is 3.00. The van der Waals surface area contributed by atoms with Gasteiger partial charge < -0.3 is 14.5 Å². The molecule has 1 atom stereocenters. The van der Waals surface area contributed by atoms with Gasteiger partial charge in [0, 0.05) is 0 Å². The van der Waals surface area contributed by atoms with Gasteiger partial charge in [-0.2, -0.15) is 0 Å². The van der Waals surface area contributed by atoms with Crippen molar-refractivity contribution < 1.29 is 13.9 Å². The summed E-state index contributed by atoms with van der Waals surface area (Å²) in [5, 5.41) is 3.58. The highest BCUT2D eigenvalue weighted by atomic mass is 16.5. The minimum Gasteiger partial charge on any atom is -0.463 e. The van der Waals surface area contributed by atoms with E-state index in [0.717, 1.165) is 18.7 Å². The highest BCUT2D eigenvalue weighted by Gasteiger charge is 2.27. The van der Waals surface area contributed by atoms with E-state index in [-0.39, 0.29) is 6.04 Å². The van der Waals surface area contributed by atoms with Crippen LogP contribution in [0.3, 0.4) is 0 Å². The fourth-order valence-corrected chi connectivity index (χ4v) is 3.00. The molecule has 1 aliphatic carbocycles. The number of rotatable bonds is 6. The van der Waals surface area contributed by atoms with Crippen molar-refractivity contribution in [3.8, 4) is 0 Å². The second-order valence-electron chi connectivity index (χ2n) is 5.52. The second kappa shape index (κ2) is 7.48. The maximum Gasteiger partial charge on any atom is 0.373 e. The van der Waals surface area contributed by atoms with E-state index in [9.17, 15) is 4.79 Å². The topological polar surface area (TPSA) is 51.5 Å². The Morgan fingerprint density at radius 2 is 2.15 bits per heavy atom. The Hall–Kier alpha value is -1.29. The van der Waals surface area contributed by atoms with Crippen LogP contribution in [0.4, 0.5) is 0 Å². The van der Waals surface area contributed by atoms with E-state index in [1.807, 2.05) is 6.07 Å². The van der Waals surface area contributed by atoms with Gasteiger partial charge in [0.1, 0.15) is 5.76 Å². The van der Waals surface area contributed by atoms with Gasteiger partial charge in [-0.25, -0.2) is 4.79 Å². The molecule has 0 aromatic carbocycles. The van der Waals surface area contributed by atoms with Crippen LogP contribution in [0.5, 0.6) is 0 Å². The number of esters is 1. The van der Waals surface area contributed by atoms with Gasteiger partial charge in [0.2, 0.25) is 5.76 Å². The van der Waals surface area contributed by atoms with Crippen LogP contribution in [0.1, 0.15) is 67.8 Å². The highest BCUT2D eigenvalue weighted by molar-refractivity contribution is 5.86. The average Bonchev–Trinajstić information content (AvgIpc) is 2.98. The fraction of sp³-hybridized carbons (Fsp3) is 0.688. The molecule has 1 N–H and O–H groups in total. The summed E-state index contributed by atoms with van der Waals surface area (Å²) in [7, 11) is 1.37. The predicted molar refractivity (Wildman–Crippen MR) is 77.7 cm³/mol. The molecule has 0 bridgehead atoms. The molecular weight excluding hydrogens is 254 g/mol. The Kier molecular flexibility index (Phi) is 5.65. The smallest absolute Gasteiger partial charge is 0.373 e. The molecular formula is C16H25NO3. The molecule has 1 fully saturated rings. The third-order valence-corrected chi connectivity index (χ3v) is 4.06. The first-order valence-electron chi connectivity index (χ1n) is 7.67. The highest BCUT2D eigenvalue weighted by Crippen LogP contribution is 2.35. The Morgan fingerprint density at radius 1 is 1.40 bits per heavy atom. The molecule has 0 radical (unpaired) electrons. The molecule has 112 valence electrons. The van der Waals surface area contributed by atoms with E-state index in [4.69, 9.17) is 9.15 Å². The minimum atomic E-state index is -0.408. The SMILES string of the molecule is CCCNC(c1ccc(C(=O)OC)o1)C1CCCCC1. The molecule has 0 aliphatic heterocycles. The summed E-state index contributed by atoms with van der Waals surface area (Å²) in [6, 6.07) is 3.84. The maximum absolute atomic E-state index is 11.5. The molecule has 0 amide bonds. The van der Waals surface area contributed by atoms with E-state index in [1.54, 1.807) is 6.07 Å². The molecule has 1 saturated carbocycles. The summed E-state index contributed by atoms with van der Waals surface area (Å²) in [6.45, 7) is 3.13. The molecule has 0 saturated heterocycles. The van der Waals surface area contributed by atoms with Gasteiger partial charge in [-0.05, 0) is 43.9 Å². The monoisotopic (exact) mass is 279 g/mol. The van der Waals surface area contributed by atoms with Crippen molar-refractivity contribution in [2.24, 2.45) is 5.92 Å². The molecule has 2 rings (SSSR count). The first kappa shape index (κ1) is 15.1. The molecule has 1 unspecified atom stereocenters. The Balaban J connectivity index is 2.12. The van der Waals surface area contributed by atoms with Gasteiger partial charge in [0.25, 0.3) is 0 Å². The van der Waals surface area contributed by atoms with Gasteiger partial charge in [0.15, 0.2) is 0 Å². The predicted octanol–water partition coefficient (Wildman–Crippen LogP) is 3.69. The zero-order valence-electron chi connectivity index (χ0n) is 12.5. The summed E-state index contributed by atoms with van der Waals surface area (Å²) < 4.78 is 10.4. The zero-order chi connectivity index (χ0) is 14.4. The summed E-state index contributed by atoms with van der Waals surface area (Å²) in [4.78, 5) is 11.5. The second-order valence-corrected chi connectivity index (χ2v) is 5.52. The van der Waals surface area contributed by atoms with Crippen LogP contribution in [0.15, 0.2) is 16.5 Å². The van der Waals surface area contributed by atoms with Crippen LogP contribution in [-0.4, -0.2) is 19.6 Å². The number of furan rings is 1. The maximum atomic E-state index is 11.5. The van der Waals surface area contributed by atoms with Gasteiger partial charge in [-0.1, -0.05) is 26.2 Å². The van der Waals surface area contributed by atoms with Crippen LogP contribution in [0.2, 0.25) is 0 Å². The van der Waals surface area contributed by atoms with Crippen molar-refractivity contribution in [3.63, 3.8) is 0 Å². The molecule has 20 heavy (non-hydrogen) atoms. The Bertz CT molecular complexity index is 421. The van der Waals surface area contributed by atoms with Crippen LogP contribution >= 0.6 is 0 Å². The van der Waals surface area contributed by atoms with Gasteiger partial charge in [-0.3, -0.25) is 0 Å². The van der Waals surface area contributed by atoms with Gasteiger partial charge >= 0.3 is 5.97 Å². The number of carbonyl (C=O) groups excluding carboxylic acids is 1. The molecule has 1 aromatic heterocycles. The van der Waals surface area contributed by atoms with Crippen LogP contribution in [0, 0.1) is 5.92 Å². The zero-order valence-corrected chi connectivity index (χ0v) is 12.5. The molecule has 1 heterocycles. The standard InChI is InChI=1S/C16H25NO3/c1-3-11-17-15(12-7-5-4-6-8-12)13-9-10-14(20-13)16(18)19-2/h9-10,12,15,17H,3-8,11H2,1-2H3. The third kappa shape index (κ3) is 3.63. The molecule has 1 aromatic rings. The number of carbonyl (C=O) groups is 1. The molecule has 1 aliphatic rings. The van der Waals surface area contributed by atoms with Gasteiger partial charge in [0.05, 0.1) is 13.2 Å². The van der Waals surface area contributed by atoms with Crippen LogP contribution in [-0.2, 0) is 4.74 Å². The number of hydrogen-bond donors (Lipinski definition) is 1. The van der Waals surface area contributed by atoms with Crippen molar-refractivity contribution >= 4 is 5.97 Å². The average molecular weight is 279 g/mol. The van der Waals surface area contributed by atoms with Crippen molar-refractivity contribution in [2.75, 3.05) is 13.7 Å². The molecule has 4 heteroatoms. The van der Waals surface area contributed by atoms with E-state index in [0.29, 0.717) is 11.7 Å². The minimum absolute atomic E-state index is 0.216. The Morgan fingerprint density at radius 3 is 2.80 bits per heavy atom. The van der Waals surface area contributed by atoms with Gasteiger partial charge in [-0.15, -0.1) is 0 Å². The van der Waals surface area contributed by atoms with Crippen molar-refractivity contribution in [3.05, 3.63) is 23.7 Å². The lowest BCUT2D eigenvalue weighted by atomic mass is 9.83. The summed E-state index contributed by atoms with van der Waals surface area (Å²) in [5.41, 5.74) is 0. The first-order chi connectivity index (χ1) is 9.76. The first-order valence-corrected chi connectivity index (χ1v) is 7.67. The summed E-state index contributed by atoms with van der Waals surface area (Å²) in [6.07, 6.45) is 7.47. The Labute approximate surface area is 120 Å². The lowest BCUT2D eigenvalue weighted by Gasteiger charge is -2.29. The largest absolute Gasteiger partial charge is 0.463 e. The lowest BCUT2D eigenvalue weighted by molar-refractivity contribution is 0.0560. The number of hydrogen-bond acceptors (Lipinski definition) is 4. The van der Waals surface area contributed by atoms with Crippen molar-refractivity contribution in [2.45, 2.75) is 51.5 Å². The lowest BCUT2D eigenvalue weighted by Crippen LogP contribution is -2.30. The number of ether oxygens (including phenoxy) is 1. The van der Waals surface area contributed by atoms with Crippen LogP contribution < -0.4 is 5.32 Å². The van der Waals surface area contributed by atoms with Crippen molar-refractivity contribution in [1.82, 2.24) is 5.32 Å². The third-order valence-electron chi connectivity index (χ3n) is 4.06. The molecule has 0 spiro atoms. The van der Waals surface area contributed by atoms with Crippen molar-refractivity contribution in [1.29, 1.82) is 0 Å². The van der Waals surface area contributed by atoms with E-state index in [1.165, 1.54) is 39.2 Å². The number of methoxy groups -OCH3 is 1. The van der Waals surface area contributed by atoms with E-state index in [2.05, 4.69) is 12.2 Å². The van der Waals surface area contributed by atoms with Crippen LogP contribution in [0.25, 0.3) is 0 Å². The normalized spacial score (nSPS) is 17.9. The summed E-state index contributed by atoms with van der Waals surface area (Å²) in [5.74, 6) is 1.36. The van der Waals surface area contributed by atoms with E-state index >= 15 is 0 Å². The quantitative estimate of drug-likeness (QED) is 0.807. The van der Waals surface area contributed by atoms with E-state index < -0.39 is 5.97 Å². The summed E-state index contributed by atoms with van der Waals surface area (Å²) >= 11 is 0. The molecule has 4 nitrogen and oxygen atoms in total. The number of nitrogens with one attached hydrogen (secondary N) is 1.